The number of anilines is 2. The summed E-state index contributed by atoms with van der Waals surface area (Å²) in [6.45, 7) is 6.38. The number of aromatic amines is 2. The Morgan fingerprint density at radius 2 is 1.70 bits per heavy atom. The van der Waals surface area contributed by atoms with E-state index in [1.54, 1.807) is 12.4 Å². The largest absolute Gasteiger partial charge is 0.374 e. The number of imidazole rings is 1. The minimum absolute atomic E-state index is 0.177. The molecule has 5 aromatic rings. The summed E-state index contributed by atoms with van der Waals surface area (Å²) >= 11 is 0. The number of hydrogen-bond acceptors (Lipinski definition) is 6. The van der Waals surface area contributed by atoms with Crippen molar-refractivity contribution in [2.75, 3.05) is 23.3 Å². The minimum atomic E-state index is -0.201. The number of nitrogens with zero attached hydrogens (tertiary/aromatic N) is 4. The van der Waals surface area contributed by atoms with Gasteiger partial charge in [0.15, 0.2) is 5.82 Å². The molecule has 3 N–H and O–H groups in total. The molecule has 4 heterocycles. The number of para-hydroxylation sites is 1. The summed E-state index contributed by atoms with van der Waals surface area (Å²) in [7, 11) is 0. The van der Waals surface area contributed by atoms with Gasteiger partial charge in [0.25, 0.3) is 5.56 Å². The number of rotatable bonds is 6. The fourth-order valence-electron chi connectivity index (χ4n) is 5.24. The lowest BCUT2D eigenvalue weighted by Gasteiger charge is -2.28. The van der Waals surface area contributed by atoms with Crippen LogP contribution in [0.15, 0.2) is 65.7 Å². The standard InChI is InChI=1S/C29H31N7O/c1-18(2)25(28-30-13-8-14-31-28)35-26-20-9-4-5-10-21(20)34-29(37)24(26)27-32-22-12-11-19(17-23(22)33-27)36-15-6-3-7-16-36/h4-5,8-14,17-18,25H,3,6-7,15-16H2,1-2H3,(H,32,33)(H2,34,35,37)/t25-/m0/s1. The van der Waals surface area contributed by atoms with Gasteiger partial charge in [0, 0.05) is 36.6 Å². The number of piperidine rings is 1. The van der Waals surface area contributed by atoms with Crippen molar-refractivity contribution >= 4 is 33.3 Å². The molecule has 0 spiro atoms. The minimum Gasteiger partial charge on any atom is -0.374 e. The van der Waals surface area contributed by atoms with Crippen molar-refractivity contribution in [2.24, 2.45) is 5.92 Å². The molecule has 0 amide bonds. The van der Waals surface area contributed by atoms with Crippen LogP contribution in [0.3, 0.4) is 0 Å². The highest BCUT2D eigenvalue weighted by atomic mass is 16.1. The molecular weight excluding hydrogens is 462 g/mol. The van der Waals surface area contributed by atoms with Crippen LogP contribution in [0, 0.1) is 5.92 Å². The second-order valence-electron chi connectivity index (χ2n) is 10.1. The second-order valence-corrected chi connectivity index (χ2v) is 10.1. The highest BCUT2D eigenvalue weighted by molar-refractivity contribution is 5.99. The fourth-order valence-corrected chi connectivity index (χ4v) is 5.24. The molecule has 188 valence electrons. The van der Waals surface area contributed by atoms with Crippen molar-refractivity contribution in [3.8, 4) is 11.4 Å². The Morgan fingerprint density at radius 1 is 0.919 bits per heavy atom. The molecule has 3 aromatic heterocycles. The molecule has 1 fully saturated rings. The number of benzene rings is 2. The van der Waals surface area contributed by atoms with E-state index >= 15 is 0 Å². The summed E-state index contributed by atoms with van der Waals surface area (Å²) in [6.07, 6.45) is 7.22. The van der Waals surface area contributed by atoms with E-state index in [-0.39, 0.29) is 17.5 Å². The first kappa shape index (κ1) is 23.2. The van der Waals surface area contributed by atoms with Crippen LogP contribution >= 0.6 is 0 Å². The van der Waals surface area contributed by atoms with Gasteiger partial charge in [-0.05, 0) is 55.5 Å². The number of pyridine rings is 1. The van der Waals surface area contributed by atoms with Gasteiger partial charge in [-0.25, -0.2) is 15.0 Å². The first-order chi connectivity index (χ1) is 18.1. The molecule has 2 aromatic carbocycles. The number of fused-ring (bicyclic) bond motifs is 2. The van der Waals surface area contributed by atoms with Gasteiger partial charge in [-0.15, -0.1) is 0 Å². The number of H-pyrrole nitrogens is 2. The molecule has 0 radical (unpaired) electrons. The average molecular weight is 494 g/mol. The third kappa shape index (κ3) is 4.43. The predicted octanol–water partition coefficient (Wildman–Crippen LogP) is 5.66. The maximum Gasteiger partial charge on any atom is 0.261 e. The number of hydrogen-bond donors (Lipinski definition) is 3. The van der Waals surface area contributed by atoms with E-state index in [4.69, 9.17) is 4.98 Å². The molecule has 1 aliphatic heterocycles. The van der Waals surface area contributed by atoms with Crippen LogP contribution in [0.4, 0.5) is 11.4 Å². The van der Waals surface area contributed by atoms with Crippen LogP contribution in [0.2, 0.25) is 0 Å². The van der Waals surface area contributed by atoms with Crippen molar-refractivity contribution in [3.05, 3.63) is 77.1 Å². The molecule has 6 rings (SSSR count). The maximum atomic E-state index is 13.5. The summed E-state index contributed by atoms with van der Waals surface area (Å²) in [5.41, 5.74) is 4.71. The first-order valence-corrected chi connectivity index (χ1v) is 13.0. The lowest BCUT2D eigenvalue weighted by atomic mass is 10.0. The second kappa shape index (κ2) is 9.69. The van der Waals surface area contributed by atoms with Crippen LogP contribution in [-0.4, -0.2) is 38.0 Å². The summed E-state index contributed by atoms with van der Waals surface area (Å²) in [4.78, 5) is 36.3. The first-order valence-electron chi connectivity index (χ1n) is 13.0. The van der Waals surface area contributed by atoms with Crippen LogP contribution in [0.5, 0.6) is 0 Å². The van der Waals surface area contributed by atoms with Crippen LogP contribution < -0.4 is 15.8 Å². The molecule has 0 bridgehead atoms. The zero-order valence-corrected chi connectivity index (χ0v) is 21.2. The van der Waals surface area contributed by atoms with E-state index in [9.17, 15) is 4.79 Å². The predicted molar refractivity (Wildman–Crippen MR) is 149 cm³/mol. The molecule has 1 aliphatic rings. The molecule has 1 saturated heterocycles. The molecule has 8 nitrogen and oxygen atoms in total. The average Bonchev–Trinajstić information content (AvgIpc) is 3.35. The third-order valence-electron chi connectivity index (χ3n) is 7.18. The summed E-state index contributed by atoms with van der Waals surface area (Å²) in [5.74, 6) is 1.40. The van der Waals surface area contributed by atoms with Gasteiger partial charge in [0.05, 0.1) is 28.3 Å². The van der Waals surface area contributed by atoms with Crippen molar-refractivity contribution in [1.82, 2.24) is 24.9 Å². The van der Waals surface area contributed by atoms with Gasteiger partial charge >= 0.3 is 0 Å². The Morgan fingerprint density at radius 3 is 2.49 bits per heavy atom. The Bertz CT molecular complexity index is 1600. The van der Waals surface area contributed by atoms with Gasteiger partial charge in [-0.3, -0.25) is 4.79 Å². The van der Waals surface area contributed by atoms with Gasteiger partial charge in [-0.2, -0.15) is 0 Å². The lowest BCUT2D eigenvalue weighted by molar-refractivity contribution is 0.522. The van der Waals surface area contributed by atoms with Crippen molar-refractivity contribution < 1.29 is 0 Å². The maximum absolute atomic E-state index is 13.5. The quantitative estimate of drug-likeness (QED) is 0.282. The molecule has 0 unspecified atom stereocenters. The van der Waals surface area contributed by atoms with Crippen molar-refractivity contribution in [2.45, 2.75) is 39.2 Å². The van der Waals surface area contributed by atoms with Crippen molar-refractivity contribution in [3.63, 3.8) is 0 Å². The number of nitrogens with one attached hydrogen (secondary N) is 3. The smallest absolute Gasteiger partial charge is 0.261 e. The monoisotopic (exact) mass is 493 g/mol. The van der Waals surface area contributed by atoms with Gasteiger partial charge in [-0.1, -0.05) is 32.0 Å². The SMILES string of the molecule is CC(C)[C@H](Nc1c(-c2nc3ccc(N4CCCCC4)cc3[nH]2)c(=O)[nH]c2ccccc12)c1ncccn1. The van der Waals surface area contributed by atoms with Crippen LogP contribution in [-0.2, 0) is 0 Å². The summed E-state index contributed by atoms with van der Waals surface area (Å²) < 4.78 is 0. The van der Waals surface area contributed by atoms with E-state index in [2.05, 4.69) is 56.1 Å². The Hall–Kier alpha value is -4.20. The van der Waals surface area contributed by atoms with Gasteiger partial charge < -0.3 is 20.2 Å². The summed E-state index contributed by atoms with van der Waals surface area (Å²) in [5, 5.41) is 4.55. The zero-order valence-electron chi connectivity index (χ0n) is 21.2. The van der Waals surface area contributed by atoms with Crippen LogP contribution in [0.1, 0.15) is 45.0 Å². The Labute approximate surface area is 215 Å². The molecule has 0 aliphatic carbocycles. The molecule has 0 saturated carbocycles. The van der Waals surface area contributed by atoms with Gasteiger partial charge in [0.1, 0.15) is 11.4 Å². The molecule has 1 atom stereocenters. The Kier molecular flexibility index (Phi) is 6.08. The molecule has 37 heavy (non-hydrogen) atoms. The van der Waals surface area contributed by atoms with Crippen molar-refractivity contribution in [1.29, 1.82) is 0 Å². The van der Waals surface area contributed by atoms with E-state index in [0.717, 1.165) is 40.7 Å². The molecule has 8 heteroatoms. The van der Waals surface area contributed by atoms with E-state index in [1.165, 1.54) is 24.9 Å². The highest BCUT2D eigenvalue weighted by Crippen LogP contribution is 2.35. The van der Waals surface area contributed by atoms with E-state index in [0.29, 0.717) is 17.2 Å². The third-order valence-corrected chi connectivity index (χ3v) is 7.18. The lowest BCUT2D eigenvalue weighted by Crippen LogP contribution is -2.29. The van der Waals surface area contributed by atoms with Gasteiger partial charge in [0.2, 0.25) is 0 Å². The highest BCUT2D eigenvalue weighted by Gasteiger charge is 2.24. The van der Waals surface area contributed by atoms with E-state index < -0.39 is 0 Å². The topological polar surface area (TPSA) is 103 Å². The Balaban J connectivity index is 1.49. The molecular formula is C29H31N7O. The fraction of sp³-hybridized carbons (Fsp3) is 0.310. The van der Waals surface area contributed by atoms with E-state index in [1.807, 2.05) is 36.4 Å². The normalized spacial score (nSPS) is 14.9. The summed E-state index contributed by atoms with van der Waals surface area (Å²) in [6, 6.07) is 15.7. The van der Waals surface area contributed by atoms with Crippen LogP contribution in [0.25, 0.3) is 33.3 Å². The zero-order chi connectivity index (χ0) is 25.4. The number of aromatic nitrogens is 5.